The zero-order chi connectivity index (χ0) is 59.2. The highest BCUT2D eigenvalue weighted by Crippen LogP contribution is 2.43. The van der Waals surface area contributed by atoms with E-state index < -0.39 is 0 Å². The second-order valence-electron chi connectivity index (χ2n) is 22.0. The van der Waals surface area contributed by atoms with E-state index in [-0.39, 0.29) is 20.1 Å². The first-order valence-electron chi connectivity index (χ1n) is 29.7. The van der Waals surface area contributed by atoms with E-state index in [2.05, 4.69) is 211 Å². The fraction of sp³-hybridized carbons (Fsp3) is 0.0370. The highest BCUT2D eigenvalue weighted by atomic mass is 35.5. The topological polar surface area (TPSA) is 92.1 Å². The van der Waals surface area contributed by atoms with Crippen molar-refractivity contribution in [3.05, 3.63) is 320 Å². The molecule has 17 aromatic rings. The van der Waals surface area contributed by atoms with E-state index in [1.165, 1.54) is 66.0 Å². The summed E-state index contributed by atoms with van der Waals surface area (Å²) in [5.74, 6) is 3.03. The number of halogens is 1. The summed E-state index contributed by atoms with van der Waals surface area (Å²) in [6.45, 7) is 0. The van der Waals surface area contributed by atoms with Gasteiger partial charge in [0.1, 0.15) is 0 Å². The molecule has 0 atom stereocenters. The van der Waals surface area contributed by atoms with E-state index >= 15 is 0 Å². The molecule has 0 saturated heterocycles. The van der Waals surface area contributed by atoms with Crippen LogP contribution in [-0.2, 0) is 6.42 Å². The Morgan fingerprint density at radius 2 is 0.593 bits per heavy atom. The first kappa shape index (κ1) is 57.1. The van der Waals surface area contributed by atoms with Gasteiger partial charge in [-0.15, -0.1) is 0 Å². The maximum Gasteiger partial charge on any atom is 0.238 e. The highest BCUT2D eigenvalue weighted by molar-refractivity contribution is 6.28. The number of nitrogens with zero attached hydrogens (tertiary/aromatic N) is 9. The van der Waals surface area contributed by atoms with Crippen molar-refractivity contribution in [2.75, 3.05) is 0 Å². The summed E-state index contributed by atoms with van der Waals surface area (Å²) in [4.78, 5) is 28.0. The molecule has 0 radical (unpaired) electrons. The van der Waals surface area contributed by atoms with Crippen LogP contribution < -0.4 is 0 Å². The first-order valence-corrected chi connectivity index (χ1v) is 30.1. The molecule has 0 N–H and O–H groups in total. The van der Waals surface area contributed by atoms with Gasteiger partial charge in [-0.3, -0.25) is 4.57 Å². The van der Waals surface area contributed by atoms with Crippen molar-refractivity contribution in [1.29, 1.82) is 0 Å². The van der Waals surface area contributed by atoms with Crippen LogP contribution in [0.25, 0.3) is 139 Å². The molecule has 1 aliphatic carbocycles. The summed E-state index contributed by atoms with van der Waals surface area (Å²) in [5.41, 5.74) is 18.7. The molecule has 0 bridgehead atoms. The average molecular weight is 1190 g/mol. The quantitative estimate of drug-likeness (QED) is 0.158. The zero-order valence-electron chi connectivity index (χ0n) is 48.0. The van der Waals surface area contributed by atoms with Crippen LogP contribution in [-0.4, -0.2) is 43.6 Å². The molecule has 0 unspecified atom stereocenters. The lowest BCUT2D eigenvalue weighted by atomic mass is 10.0. The second kappa shape index (κ2) is 24.5. The fourth-order valence-corrected chi connectivity index (χ4v) is 12.8. The predicted molar refractivity (Wildman–Crippen MR) is 378 cm³/mol. The van der Waals surface area contributed by atoms with Crippen LogP contribution in [0.4, 0.5) is 0 Å². The molecule has 18 rings (SSSR count). The number of hydrogen-bond acceptors (Lipinski definition) is 6. The number of aromatic nitrogens is 9. The summed E-state index contributed by atoms with van der Waals surface area (Å²) in [7, 11) is 0. The number of para-hydroxylation sites is 5. The number of hydrogen-bond donors (Lipinski definition) is 0. The van der Waals surface area contributed by atoms with Crippen molar-refractivity contribution in [3.8, 4) is 74.0 Å². The monoisotopic (exact) mass is 1190 g/mol. The van der Waals surface area contributed by atoms with Crippen molar-refractivity contribution in [2.45, 2.75) is 21.3 Å². The van der Waals surface area contributed by atoms with E-state index in [0.29, 0.717) is 29.2 Å². The van der Waals surface area contributed by atoms with Crippen molar-refractivity contribution in [1.82, 2.24) is 43.6 Å². The van der Waals surface area contributed by atoms with E-state index in [1.54, 1.807) is 0 Å². The van der Waals surface area contributed by atoms with Gasteiger partial charge in [0.25, 0.3) is 0 Å². The normalized spacial score (nSPS) is 11.4. The molecule has 436 valence electrons. The van der Waals surface area contributed by atoms with Gasteiger partial charge in [-0.1, -0.05) is 251 Å². The molecule has 0 aliphatic heterocycles. The number of rotatable bonds is 7. The molecule has 12 aromatic carbocycles. The molecule has 1 aliphatic rings. The molecular weight excluding hydrogens is 1130 g/mol. The summed E-state index contributed by atoms with van der Waals surface area (Å²) in [5, 5.41) is 7.61. The SMILES string of the molecule is C.C.Clc1nc(-c2ccccc2)nc(-c2ccccc2)n1.c1ccc(-c2nc(-c3ccccc3)nc(-n3c4ccccc4c4cc5c6ccccc6n(-c6ccccc6)c5cc43)n2)cc1.c1ccc(-n2c3ccccc3c3cc4c(cc32)Cc2ccccc2-4)cc1. The van der Waals surface area contributed by atoms with Crippen LogP contribution in [0.2, 0.25) is 5.28 Å². The predicted octanol–water partition coefficient (Wildman–Crippen LogP) is 20.9. The minimum atomic E-state index is 0. The first-order chi connectivity index (χ1) is 44.1. The van der Waals surface area contributed by atoms with E-state index in [4.69, 9.17) is 26.6 Å². The third-order valence-corrected chi connectivity index (χ3v) is 16.8. The summed E-state index contributed by atoms with van der Waals surface area (Å²) in [6, 6.07) is 105. The molecule has 0 saturated carbocycles. The second-order valence-corrected chi connectivity index (χ2v) is 22.3. The molecule has 9 nitrogen and oxygen atoms in total. The molecule has 91 heavy (non-hydrogen) atoms. The largest absolute Gasteiger partial charge is 0.309 e. The Kier molecular flexibility index (Phi) is 15.4. The summed E-state index contributed by atoms with van der Waals surface area (Å²) >= 11 is 5.99. The van der Waals surface area contributed by atoms with Crippen molar-refractivity contribution in [2.24, 2.45) is 0 Å². The van der Waals surface area contributed by atoms with E-state index in [0.717, 1.165) is 61.7 Å². The highest BCUT2D eigenvalue weighted by Gasteiger charge is 2.24. The summed E-state index contributed by atoms with van der Waals surface area (Å²) < 4.78 is 6.94. The number of fused-ring (bicyclic) bond motifs is 12. The van der Waals surface area contributed by atoms with Crippen LogP contribution in [0, 0.1) is 0 Å². The van der Waals surface area contributed by atoms with Gasteiger partial charge in [0.15, 0.2) is 23.3 Å². The lowest BCUT2D eigenvalue weighted by Gasteiger charge is -2.11. The van der Waals surface area contributed by atoms with Crippen LogP contribution in [0.5, 0.6) is 0 Å². The van der Waals surface area contributed by atoms with Crippen molar-refractivity contribution < 1.29 is 0 Å². The van der Waals surface area contributed by atoms with Crippen LogP contribution in [0.3, 0.4) is 0 Å². The van der Waals surface area contributed by atoms with Crippen molar-refractivity contribution in [3.63, 3.8) is 0 Å². The fourth-order valence-electron chi connectivity index (χ4n) is 12.6. The van der Waals surface area contributed by atoms with Crippen LogP contribution in [0.15, 0.2) is 303 Å². The van der Waals surface area contributed by atoms with E-state index in [1.807, 2.05) is 121 Å². The Hall–Kier alpha value is -11.7. The number of benzene rings is 12. The van der Waals surface area contributed by atoms with Gasteiger partial charge >= 0.3 is 0 Å². The maximum absolute atomic E-state index is 5.99. The Labute approximate surface area is 532 Å². The third kappa shape index (κ3) is 10.5. The Morgan fingerprint density at radius 1 is 0.253 bits per heavy atom. The lowest BCUT2D eigenvalue weighted by molar-refractivity contribution is 0.953. The van der Waals surface area contributed by atoms with E-state index in [9.17, 15) is 0 Å². The van der Waals surface area contributed by atoms with Gasteiger partial charge in [-0.2, -0.15) is 19.9 Å². The molecule has 0 spiro atoms. The Balaban J connectivity index is 0.000000130. The molecule has 0 amide bonds. The van der Waals surface area contributed by atoms with Gasteiger partial charge in [-0.05, 0) is 107 Å². The minimum Gasteiger partial charge on any atom is -0.309 e. The standard InChI is InChI=1S/C39H25N5.C25H17N.C15H10ClN3.2CH4/c1-4-14-26(15-5-1)37-40-38(27-16-6-2-7-17-27)42-39(41-37)44-34-23-13-11-21-30(34)32-24-31-29-20-10-12-22-33(29)43(35(31)25-36(32)44)28-18-8-3-9-19-28;1-2-9-19(10-3-1)26-24-13-7-6-12-21(24)23-16-22-18(15-25(23)26)14-17-8-4-5-11-20(17)22;16-15-18-13(11-7-3-1-4-8-11)17-14(19-15)12-9-5-2-6-10-12;;/h1-25H;1-13,15-16H,14H2;1-10H;2*1H4. The van der Waals surface area contributed by atoms with Gasteiger partial charge in [0.2, 0.25) is 11.2 Å². The van der Waals surface area contributed by atoms with Gasteiger partial charge in [0, 0.05) is 65.9 Å². The molecule has 5 heterocycles. The average Bonchev–Trinajstić information content (AvgIpc) is 1.58. The van der Waals surface area contributed by atoms with Crippen molar-refractivity contribution >= 4 is 77.0 Å². The Morgan fingerprint density at radius 3 is 1.04 bits per heavy atom. The van der Waals surface area contributed by atoms with Crippen LogP contribution in [0.1, 0.15) is 26.0 Å². The summed E-state index contributed by atoms with van der Waals surface area (Å²) in [6.07, 6.45) is 1.03. The van der Waals surface area contributed by atoms with Crippen LogP contribution >= 0.6 is 11.6 Å². The molecule has 5 aromatic heterocycles. The zero-order valence-corrected chi connectivity index (χ0v) is 48.7. The Bertz CT molecular complexity index is 5340. The smallest absolute Gasteiger partial charge is 0.238 e. The van der Waals surface area contributed by atoms with Gasteiger partial charge < -0.3 is 9.13 Å². The molecule has 10 heteroatoms. The molecular formula is C81H60ClN9. The van der Waals surface area contributed by atoms with Gasteiger partial charge in [-0.25, -0.2) is 9.97 Å². The third-order valence-electron chi connectivity index (χ3n) is 16.6. The molecule has 0 fully saturated rings. The minimum absolute atomic E-state index is 0. The lowest BCUT2D eigenvalue weighted by Crippen LogP contribution is -2.06. The van der Waals surface area contributed by atoms with Gasteiger partial charge in [0.05, 0.1) is 33.1 Å². The maximum atomic E-state index is 5.99.